The molecule has 1 heterocycles. The molecule has 1 aliphatic heterocycles. The highest BCUT2D eigenvalue weighted by Gasteiger charge is 2.25. The van der Waals surface area contributed by atoms with Gasteiger partial charge in [0.2, 0.25) is 0 Å². The molecule has 1 unspecified atom stereocenters. The van der Waals surface area contributed by atoms with Gasteiger partial charge in [-0.25, -0.2) is 0 Å². The largest absolute Gasteiger partial charge is 0.351 e. The highest BCUT2D eigenvalue weighted by molar-refractivity contribution is 9.10. The minimum Gasteiger partial charge on any atom is -0.351 e. The van der Waals surface area contributed by atoms with Gasteiger partial charge in [0.15, 0.2) is 0 Å². The van der Waals surface area contributed by atoms with E-state index in [1.54, 1.807) is 0 Å². The van der Waals surface area contributed by atoms with Crippen LogP contribution in [0, 0.1) is 0 Å². The minimum absolute atomic E-state index is 0.214. The maximum absolute atomic E-state index is 6.08. The van der Waals surface area contributed by atoms with Crippen molar-refractivity contribution >= 4 is 33.2 Å². The summed E-state index contributed by atoms with van der Waals surface area (Å²) in [6, 6.07) is 16.5. The van der Waals surface area contributed by atoms with Crippen LogP contribution in [0.1, 0.15) is 11.7 Å². The number of rotatable bonds is 2. The third-order valence-corrected chi connectivity index (χ3v) is 4.09. The highest BCUT2D eigenvalue weighted by atomic mass is 79.9. The molecule has 2 aromatic rings. The molecule has 4 heteroatoms. The summed E-state index contributed by atoms with van der Waals surface area (Å²) in [5.74, 6) is 0. The molecule has 19 heavy (non-hydrogen) atoms. The van der Waals surface area contributed by atoms with Gasteiger partial charge in [-0.2, -0.15) is 0 Å². The predicted molar refractivity (Wildman–Crippen MR) is 83.7 cm³/mol. The minimum atomic E-state index is 0.214. The third kappa shape index (κ3) is 2.78. The molecule has 0 bridgehead atoms. The summed E-state index contributed by atoms with van der Waals surface area (Å²) in [7, 11) is 0. The summed E-state index contributed by atoms with van der Waals surface area (Å²) < 4.78 is 1.10. The standard InChI is InChI=1S/C15H14BrClN2/c16-12-6-4-11(5-7-12)15-18-8-9-19(15)14-3-1-2-13(17)10-14/h1-7,10,15,18H,8-9H2. The lowest BCUT2D eigenvalue weighted by molar-refractivity contribution is 0.644. The van der Waals surface area contributed by atoms with Gasteiger partial charge in [-0.05, 0) is 35.9 Å². The Hall–Kier alpha value is -1.03. The van der Waals surface area contributed by atoms with Gasteiger partial charge in [-0.15, -0.1) is 0 Å². The van der Waals surface area contributed by atoms with E-state index in [0.717, 1.165) is 28.3 Å². The number of hydrogen-bond donors (Lipinski definition) is 1. The number of halogens is 2. The average Bonchev–Trinajstić information content (AvgIpc) is 2.89. The molecule has 0 radical (unpaired) electrons. The Morgan fingerprint density at radius 2 is 1.95 bits per heavy atom. The van der Waals surface area contributed by atoms with E-state index < -0.39 is 0 Å². The zero-order valence-electron chi connectivity index (χ0n) is 10.3. The number of anilines is 1. The van der Waals surface area contributed by atoms with E-state index >= 15 is 0 Å². The Kier molecular flexibility index (Phi) is 3.78. The second-order valence-electron chi connectivity index (χ2n) is 4.58. The maximum atomic E-state index is 6.08. The highest BCUT2D eigenvalue weighted by Crippen LogP contribution is 2.30. The Morgan fingerprint density at radius 1 is 1.16 bits per heavy atom. The molecule has 1 saturated heterocycles. The van der Waals surface area contributed by atoms with Crippen molar-refractivity contribution in [2.75, 3.05) is 18.0 Å². The molecule has 1 fully saturated rings. The van der Waals surface area contributed by atoms with E-state index in [1.807, 2.05) is 18.2 Å². The fourth-order valence-corrected chi connectivity index (χ4v) is 2.89. The molecule has 0 amide bonds. The van der Waals surface area contributed by atoms with Crippen LogP contribution >= 0.6 is 27.5 Å². The van der Waals surface area contributed by atoms with Crippen molar-refractivity contribution in [2.24, 2.45) is 0 Å². The Labute approximate surface area is 126 Å². The summed E-state index contributed by atoms with van der Waals surface area (Å²) in [6.07, 6.45) is 0.214. The summed E-state index contributed by atoms with van der Waals surface area (Å²) in [5.41, 5.74) is 2.42. The van der Waals surface area contributed by atoms with Crippen LogP contribution in [0.2, 0.25) is 5.02 Å². The molecular weight excluding hydrogens is 324 g/mol. The fraction of sp³-hybridized carbons (Fsp3) is 0.200. The van der Waals surface area contributed by atoms with Gasteiger partial charge in [0.25, 0.3) is 0 Å². The smallest absolute Gasteiger partial charge is 0.106 e. The fourth-order valence-electron chi connectivity index (χ4n) is 2.44. The summed E-state index contributed by atoms with van der Waals surface area (Å²) in [4.78, 5) is 2.34. The van der Waals surface area contributed by atoms with E-state index in [2.05, 4.69) is 56.5 Å². The number of nitrogens with one attached hydrogen (secondary N) is 1. The van der Waals surface area contributed by atoms with Crippen LogP contribution in [-0.2, 0) is 0 Å². The van der Waals surface area contributed by atoms with E-state index in [9.17, 15) is 0 Å². The van der Waals surface area contributed by atoms with Crippen molar-refractivity contribution in [2.45, 2.75) is 6.17 Å². The van der Waals surface area contributed by atoms with Gasteiger partial charge in [-0.3, -0.25) is 5.32 Å². The quantitative estimate of drug-likeness (QED) is 0.883. The van der Waals surface area contributed by atoms with Gasteiger partial charge >= 0.3 is 0 Å². The van der Waals surface area contributed by atoms with E-state index in [4.69, 9.17) is 11.6 Å². The van der Waals surface area contributed by atoms with E-state index in [0.29, 0.717) is 0 Å². The van der Waals surface area contributed by atoms with Crippen LogP contribution in [0.3, 0.4) is 0 Å². The Bertz CT molecular complexity index is 571. The van der Waals surface area contributed by atoms with Crippen LogP contribution in [0.25, 0.3) is 0 Å². The molecule has 2 nitrogen and oxygen atoms in total. The predicted octanol–water partition coefficient (Wildman–Crippen LogP) is 4.21. The van der Waals surface area contributed by atoms with Gasteiger partial charge in [0.1, 0.15) is 6.17 Å². The van der Waals surface area contributed by atoms with Crippen LogP contribution in [-0.4, -0.2) is 13.1 Å². The molecule has 3 rings (SSSR count). The summed E-state index contributed by atoms with van der Waals surface area (Å²) >= 11 is 9.56. The first-order valence-electron chi connectivity index (χ1n) is 6.25. The van der Waals surface area contributed by atoms with Gasteiger partial charge in [0.05, 0.1) is 0 Å². The molecule has 98 valence electrons. The van der Waals surface area contributed by atoms with Crippen LogP contribution in [0.4, 0.5) is 5.69 Å². The summed E-state index contributed by atoms with van der Waals surface area (Å²) in [6.45, 7) is 1.97. The number of benzene rings is 2. The lowest BCUT2D eigenvalue weighted by Gasteiger charge is -2.26. The first-order valence-corrected chi connectivity index (χ1v) is 7.42. The Morgan fingerprint density at radius 3 is 2.68 bits per heavy atom. The molecule has 1 N–H and O–H groups in total. The van der Waals surface area contributed by atoms with Gasteiger partial charge in [0, 0.05) is 28.3 Å². The first kappa shape index (κ1) is 13.0. The van der Waals surface area contributed by atoms with E-state index in [1.165, 1.54) is 5.56 Å². The Balaban J connectivity index is 1.91. The van der Waals surface area contributed by atoms with E-state index in [-0.39, 0.29) is 6.17 Å². The van der Waals surface area contributed by atoms with Crippen molar-refractivity contribution in [3.05, 3.63) is 63.6 Å². The zero-order chi connectivity index (χ0) is 13.2. The topological polar surface area (TPSA) is 15.3 Å². The molecule has 1 atom stereocenters. The second-order valence-corrected chi connectivity index (χ2v) is 5.93. The van der Waals surface area contributed by atoms with Crippen molar-refractivity contribution in [1.29, 1.82) is 0 Å². The first-order chi connectivity index (χ1) is 9.24. The molecule has 0 aromatic heterocycles. The van der Waals surface area contributed by atoms with Crippen molar-refractivity contribution in [3.63, 3.8) is 0 Å². The van der Waals surface area contributed by atoms with Crippen molar-refractivity contribution in [1.82, 2.24) is 5.32 Å². The normalized spacial score (nSPS) is 18.8. The molecular formula is C15H14BrClN2. The van der Waals surface area contributed by atoms with Crippen molar-refractivity contribution < 1.29 is 0 Å². The molecule has 0 saturated carbocycles. The van der Waals surface area contributed by atoms with Crippen molar-refractivity contribution in [3.8, 4) is 0 Å². The molecule has 2 aromatic carbocycles. The molecule has 0 aliphatic carbocycles. The van der Waals surface area contributed by atoms with Gasteiger partial charge in [-0.1, -0.05) is 45.7 Å². The van der Waals surface area contributed by atoms with Gasteiger partial charge < -0.3 is 4.90 Å². The maximum Gasteiger partial charge on any atom is 0.106 e. The SMILES string of the molecule is Clc1cccc(N2CCNC2c2ccc(Br)cc2)c1. The lowest BCUT2D eigenvalue weighted by atomic mass is 10.1. The summed E-state index contributed by atoms with van der Waals surface area (Å²) in [5, 5.41) is 4.30. The molecule has 0 spiro atoms. The lowest BCUT2D eigenvalue weighted by Crippen LogP contribution is -2.27. The third-order valence-electron chi connectivity index (χ3n) is 3.33. The van der Waals surface area contributed by atoms with Crippen LogP contribution < -0.4 is 10.2 Å². The monoisotopic (exact) mass is 336 g/mol. The van der Waals surface area contributed by atoms with Crippen LogP contribution in [0.5, 0.6) is 0 Å². The number of hydrogen-bond acceptors (Lipinski definition) is 2. The zero-order valence-corrected chi connectivity index (χ0v) is 12.7. The second kappa shape index (κ2) is 5.53. The molecule has 1 aliphatic rings. The number of nitrogens with zero attached hydrogens (tertiary/aromatic N) is 1. The average molecular weight is 338 g/mol. The van der Waals surface area contributed by atoms with Crippen LogP contribution in [0.15, 0.2) is 53.0 Å².